The summed E-state index contributed by atoms with van der Waals surface area (Å²) in [4.78, 5) is 11.1. The molecule has 1 aromatic rings. The largest absolute Gasteiger partial charge is 0.480 e. The number of aliphatic carboxylic acids is 1. The van der Waals surface area contributed by atoms with Gasteiger partial charge < -0.3 is 10.2 Å². The molecule has 0 aromatic heterocycles. The molecule has 0 bridgehead atoms. The van der Waals surface area contributed by atoms with Gasteiger partial charge in [0.05, 0.1) is 11.0 Å². The highest BCUT2D eigenvalue weighted by atomic mass is 32.2. The van der Waals surface area contributed by atoms with E-state index in [2.05, 4.69) is 6.58 Å². The number of nitrogens with zero attached hydrogens (tertiary/aromatic N) is 1. The summed E-state index contributed by atoms with van der Waals surface area (Å²) in [5.41, 5.74) is 0.764. The molecule has 1 aliphatic rings. The van der Waals surface area contributed by atoms with Crippen LogP contribution in [0.2, 0.25) is 0 Å². The fraction of sp³-hybridized carbons (Fsp3) is 0.308. The number of rotatable bonds is 4. The lowest BCUT2D eigenvalue weighted by atomic mass is 10.2. The second-order valence-electron chi connectivity index (χ2n) is 4.59. The van der Waals surface area contributed by atoms with Gasteiger partial charge in [-0.05, 0) is 17.7 Å². The Labute approximate surface area is 117 Å². The number of hydrogen-bond donors (Lipinski definition) is 2. The third-order valence-electron chi connectivity index (χ3n) is 3.24. The van der Waals surface area contributed by atoms with E-state index in [0.29, 0.717) is 0 Å². The van der Waals surface area contributed by atoms with Gasteiger partial charge in [0.2, 0.25) is 10.0 Å². The summed E-state index contributed by atoms with van der Waals surface area (Å²) in [6.45, 7) is 3.37. The Balaban J connectivity index is 2.37. The molecule has 2 N–H and O–H groups in total. The molecule has 1 saturated heterocycles. The summed E-state index contributed by atoms with van der Waals surface area (Å²) in [7, 11) is -3.93. The molecule has 2 atom stereocenters. The van der Waals surface area contributed by atoms with Crippen molar-refractivity contribution >= 4 is 22.1 Å². The predicted molar refractivity (Wildman–Crippen MR) is 72.5 cm³/mol. The lowest BCUT2D eigenvalue weighted by Crippen LogP contribution is -2.40. The molecule has 20 heavy (non-hydrogen) atoms. The van der Waals surface area contributed by atoms with Crippen molar-refractivity contribution in [1.29, 1.82) is 0 Å². The minimum Gasteiger partial charge on any atom is -0.480 e. The van der Waals surface area contributed by atoms with Gasteiger partial charge in [0.25, 0.3) is 0 Å². The molecule has 0 aliphatic carbocycles. The van der Waals surface area contributed by atoms with Crippen LogP contribution in [0.15, 0.2) is 35.7 Å². The number of carbonyl (C=O) groups is 1. The standard InChI is InChI=1S/C13H15NO5S/c1-2-9-3-5-11(6-4-9)20(18,19)14-8-10(15)7-12(14)13(16)17/h2-6,10,12,15H,1,7-8H2,(H,16,17)/t10-,12+/m1/s1. The second kappa shape index (κ2) is 5.35. The van der Waals surface area contributed by atoms with Crippen molar-refractivity contribution in [2.45, 2.75) is 23.5 Å². The Hall–Kier alpha value is -1.70. The maximum atomic E-state index is 12.4. The molecule has 1 fully saturated rings. The number of carboxylic acids is 1. The minimum atomic E-state index is -3.93. The summed E-state index contributed by atoms with van der Waals surface area (Å²) in [5.74, 6) is -1.26. The summed E-state index contributed by atoms with van der Waals surface area (Å²) in [6, 6.07) is 4.74. The van der Waals surface area contributed by atoms with E-state index in [1.54, 1.807) is 18.2 Å². The number of aliphatic hydroxyl groups excluding tert-OH is 1. The second-order valence-corrected chi connectivity index (χ2v) is 6.48. The lowest BCUT2D eigenvalue weighted by Gasteiger charge is -2.20. The molecule has 7 heteroatoms. The number of sulfonamides is 1. The monoisotopic (exact) mass is 297 g/mol. The maximum Gasteiger partial charge on any atom is 0.322 e. The van der Waals surface area contributed by atoms with Gasteiger partial charge in [-0.3, -0.25) is 4.79 Å². The van der Waals surface area contributed by atoms with Gasteiger partial charge in [0.1, 0.15) is 6.04 Å². The topological polar surface area (TPSA) is 94.9 Å². The van der Waals surface area contributed by atoms with Crippen molar-refractivity contribution in [2.24, 2.45) is 0 Å². The van der Waals surface area contributed by atoms with E-state index in [4.69, 9.17) is 5.11 Å². The number of carboxylic acid groups (broad SMARTS) is 1. The van der Waals surface area contributed by atoms with Crippen LogP contribution in [0.3, 0.4) is 0 Å². The maximum absolute atomic E-state index is 12.4. The Bertz CT molecular complexity index is 623. The molecule has 0 amide bonds. The molecule has 1 heterocycles. The number of benzene rings is 1. The van der Waals surface area contributed by atoms with Gasteiger partial charge in [-0.15, -0.1) is 0 Å². The zero-order valence-corrected chi connectivity index (χ0v) is 11.5. The van der Waals surface area contributed by atoms with Crippen molar-refractivity contribution in [3.8, 4) is 0 Å². The van der Waals surface area contributed by atoms with Crippen LogP contribution >= 0.6 is 0 Å². The number of β-amino-alcohol motifs (C(OH)–C–C–N with tert-alkyl or cyclic N) is 1. The first-order chi connectivity index (χ1) is 9.36. The molecule has 1 aliphatic heterocycles. The molecule has 108 valence electrons. The Morgan fingerprint density at radius 2 is 1.95 bits per heavy atom. The Morgan fingerprint density at radius 3 is 2.45 bits per heavy atom. The zero-order valence-electron chi connectivity index (χ0n) is 10.6. The van der Waals surface area contributed by atoms with Crippen LogP contribution < -0.4 is 0 Å². The normalized spacial score (nSPS) is 23.6. The molecule has 0 saturated carbocycles. The van der Waals surface area contributed by atoms with Gasteiger partial charge in [-0.2, -0.15) is 4.31 Å². The highest BCUT2D eigenvalue weighted by Gasteiger charge is 2.43. The third-order valence-corrected chi connectivity index (χ3v) is 5.13. The Morgan fingerprint density at radius 1 is 1.35 bits per heavy atom. The molecular weight excluding hydrogens is 282 g/mol. The highest BCUT2D eigenvalue weighted by Crippen LogP contribution is 2.26. The van der Waals surface area contributed by atoms with Crippen LogP contribution in [-0.4, -0.2) is 47.6 Å². The fourth-order valence-electron chi connectivity index (χ4n) is 2.19. The zero-order chi connectivity index (χ0) is 14.9. The first-order valence-corrected chi connectivity index (χ1v) is 7.45. The fourth-order valence-corrected chi connectivity index (χ4v) is 3.82. The first kappa shape index (κ1) is 14.7. The van der Waals surface area contributed by atoms with E-state index in [1.165, 1.54) is 12.1 Å². The van der Waals surface area contributed by atoms with E-state index < -0.39 is 28.1 Å². The van der Waals surface area contributed by atoms with E-state index in [1.807, 2.05) is 0 Å². The van der Waals surface area contributed by atoms with Gasteiger partial charge >= 0.3 is 5.97 Å². The lowest BCUT2D eigenvalue weighted by molar-refractivity contribution is -0.140. The van der Waals surface area contributed by atoms with Gasteiger partial charge in [-0.1, -0.05) is 24.8 Å². The summed E-state index contributed by atoms with van der Waals surface area (Å²) in [6.07, 6.45) is 0.522. The van der Waals surface area contributed by atoms with Gasteiger partial charge in [0.15, 0.2) is 0 Å². The van der Waals surface area contributed by atoms with Crippen molar-refractivity contribution < 1.29 is 23.4 Å². The Kier molecular flexibility index (Phi) is 3.94. The van der Waals surface area contributed by atoms with E-state index in [0.717, 1.165) is 9.87 Å². The van der Waals surface area contributed by atoms with Crippen molar-refractivity contribution in [1.82, 2.24) is 4.31 Å². The quantitative estimate of drug-likeness (QED) is 0.845. The van der Waals surface area contributed by atoms with E-state index in [9.17, 15) is 18.3 Å². The third kappa shape index (κ3) is 2.60. The molecule has 1 aromatic carbocycles. The average molecular weight is 297 g/mol. The molecule has 0 unspecified atom stereocenters. The highest BCUT2D eigenvalue weighted by molar-refractivity contribution is 7.89. The van der Waals surface area contributed by atoms with Crippen molar-refractivity contribution in [3.63, 3.8) is 0 Å². The number of hydrogen-bond acceptors (Lipinski definition) is 4. The minimum absolute atomic E-state index is 0.00319. The number of aliphatic hydroxyl groups is 1. The van der Waals surface area contributed by atoms with Crippen molar-refractivity contribution in [2.75, 3.05) is 6.54 Å². The smallest absolute Gasteiger partial charge is 0.322 e. The van der Waals surface area contributed by atoms with Crippen LogP contribution in [0.1, 0.15) is 12.0 Å². The summed E-state index contributed by atoms with van der Waals surface area (Å²) < 4.78 is 25.7. The summed E-state index contributed by atoms with van der Waals surface area (Å²) in [5, 5.41) is 18.6. The van der Waals surface area contributed by atoms with E-state index >= 15 is 0 Å². The SMILES string of the molecule is C=Cc1ccc(S(=O)(=O)N2C[C@H](O)C[C@H]2C(=O)O)cc1. The molecule has 6 nitrogen and oxygen atoms in total. The van der Waals surface area contributed by atoms with Crippen LogP contribution in [0.5, 0.6) is 0 Å². The molecule has 2 rings (SSSR count). The molecular formula is C13H15NO5S. The predicted octanol–water partition coefficient (Wildman–Crippen LogP) is 0.538. The van der Waals surface area contributed by atoms with Crippen LogP contribution in [0, 0.1) is 0 Å². The van der Waals surface area contributed by atoms with Crippen LogP contribution in [0.25, 0.3) is 6.08 Å². The van der Waals surface area contributed by atoms with E-state index in [-0.39, 0.29) is 17.9 Å². The van der Waals surface area contributed by atoms with Gasteiger partial charge in [0, 0.05) is 13.0 Å². The van der Waals surface area contributed by atoms with Crippen molar-refractivity contribution in [3.05, 3.63) is 36.4 Å². The average Bonchev–Trinajstić information content (AvgIpc) is 2.82. The molecule has 0 spiro atoms. The molecule has 0 radical (unpaired) electrons. The first-order valence-electron chi connectivity index (χ1n) is 6.01. The van der Waals surface area contributed by atoms with Crippen LogP contribution in [0.4, 0.5) is 0 Å². The summed E-state index contributed by atoms with van der Waals surface area (Å²) >= 11 is 0. The van der Waals surface area contributed by atoms with Gasteiger partial charge in [-0.25, -0.2) is 8.42 Å². The van der Waals surface area contributed by atoms with Crippen LogP contribution in [-0.2, 0) is 14.8 Å².